The summed E-state index contributed by atoms with van der Waals surface area (Å²) < 4.78 is 86.0. The highest BCUT2D eigenvalue weighted by atomic mass is 19.4. The molecule has 2 aromatic heterocycles. The average molecular weight is 676 g/mol. The SMILES string of the molecule is CCCCCCCCN1C(=O)C2CN(C(=O)CCOC[C@H](C)Nc3cn[nH]c(=O)c3C(F)(F)F)CCN2c2ncc(C(F)(F)F)cc21. The zero-order chi connectivity index (χ0) is 34.4. The van der Waals surface area contributed by atoms with Crippen LogP contribution in [0.4, 0.5) is 43.5 Å². The molecule has 0 aliphatic carbocycles. The van der Waals surface area contributed by atoms with E-state index in [2.05, 4.69) is 22.3 Å². The van der Waals surface area contributed by atoms with Crippen molar-refractivity contribution in [3.05, 3.63) is 39.9 Å². The molecule has 2 N–H and O–H groups in total. The van der Waals surface area contributed by atoms with Crippen molar-refractivity contribution in [2.45, 2.75) is 83.2 Å². The number of nitrogens with zero attached hydrogens (tertiary/aromatic N) is 5. The maximum Gasteiger partial charge on any atom is 0.423 e. The van der Waals surface area contributed by atoms with Gasteiger partial charge in [-0.05, 0) is 19.4 Å². The molecule has 1 fully saturated rings. The first-order valence-electron chi connectivity index (χ1n) is 15.6. The van der Waals surface area contributed by atoms with Gasteiger partial charge in [0.25, 0.3) is 11.5 Å². The van der Waals surface area contributed by atoms with Gasteiger partial charge in [-0.1, -0.05) is 39.0 Å². The second kappa shape index (κ2) is 15.3. The predicted molar refractivity (Wildman–Crippen MR) is 161 cm³/mol. The number of aromatic nitrogens is 3. The second-order valence-corrected chi connectivity index (χ2v) is 11.7. The van der Waals surface area contributed by atoms with Crippen LogP contribution in [0, 0.1) is 0 Å². The molecule has 1 unspecified atom stereocenters. The number of fused-ring (bicyclic) bond motifs is 3. The summed E-state index contributed by atoms with van der Waals surface area (Å²) in [6, 6.07) is -0.518. The van der Waals surface area contributed by atoms with Crippen LogP contribution < -0.4 is 20.7 Å². The summed E-state index contributed by atoms with van der Waals surface area (Å²) >= 11 is 0. The Labute approximate surface area is 267 Å². The molecule has 0 bridgehead atoms. The number of unbranched alkanes of at least 4 members (excludes halogenated alkanes) is 5. The number of hydrogen-bond donors (Lipinski definition) is 2. The standard InChI is InChI=1S/C30H39F6N7O4/c1-3-4-5-6-7-8-10-43-22-14-20(29(31,32)33)15-37-26(22)42-12-11-41(17-23(42)28(43)46)24(44)9-13-47-18-19(2)39-21-16-38-40-27(45)25(21)30(34,35)36/h14-16,19,23H,3-13,17-18H2,1-2H3,(H2,39,40,45)/t19-,23?/m0/s1. The van der Waals surface area contributed by atoms with Gasteiger partial charge in [0.15, 0.2) is 5.82 Å². The molecule has 0 radical (unpaired) electrons. The molecule has 2 atom stereocenters. The molecule has 4 rings (SSSR count). The number of ether oxygens (including phenoxy) is 1. The Bertz CT molecular complexity index is 1450. The van der Waals surface area contributed by atoms with E-state index in [4.69, 9.17) is 4.74 Å². The Morgan fingerprint density at radius 3 is 2.49 bits per heavy atom. The fourth-order valence-corrected chi connectivity index (χ4v) is 5.75. The van der Waals surface area contributed by atoms with Crippen LogP contribution >= 0.6 is 0 Å². The third kappa shape index (κ3) is 8.93. The van der Waals surface area contributed by atoms with Crippen LogP contribution in [0.1, 0.15) is 69.9 Å². The first-order chi connectivity index (χ1) is 22.2. The lowest BCUT2D eigenvalue weighted by atomic mass is 10.0. The van der Waals surface area contributed by atoms with Crippen molar-refractivity contribution in [1.82, 2.24) is 20.1 Å². The van der Waals surface area contributed by atoms with Gasteiger partial charge in [0.2, 0.25) is 5.91 Å². The summed E-state index contributed by atoms with van der Waals surface area (Å²) in [5.41, 5.74) is -4.11. The Morgan fingerprint density at radius 1 is 1.06 bits per heavy atom. The summed E-state index contributed by atoms with van der Waals surface area (Å²) in [6.07, 6.45) is -2.40. The smallest absolute Gasteiger partial charge is 0.379 e. The van der Waals surface area contributed by atoms with Crippen molar-refractivity contribution in [3.63, 3.8) is 0 Å². The van der Waals surface area contributed by atoms with Crippen LogP contribution in [0.15, 0.2) is 23.3 Å². The summed E-state index contributed by atoms with van der Waals surface area (Å²) in [5.74, 6) is -0.437. The number of alkyl halides is 6. The third-order valence-electron chi connectivity index (χ3n) is 8.13. The number of aromatic amines is 1. The van der Waals surface area contributed by atoms with Crippen molar-refractivity contribution in [1.29, 1.82) is 0 Å². The lowest BCUT2D eigenvalue weighted by Crippen LogP contribution is -2.64. The third-order valence-corrected chi connectivity index (χ3v) is 8.13. The van der Waals surface area contributed by atoms with Gasteiger partial charge < -0.3 is 24.8 Å². The monoisotopic (exact) mass is 675 g/mol. The number of carbonyl (C=O) groups excluding carboxylic acids is 2. The number of pyridine rings is 1. The number of hydrogen-bond acceptors (Lipinski definition) is 8. The number of H-pyrrole nitrogens is 1. The van der Waals surface area contributed by atoms with Gasteiger partial charge in [0.05, 0.1) is 49.3 Å². The Morgan fingerprint density at radius 2 is 1.79 bits per heavy atom. The second-order valence-electron chi connectivity index (χ2n) is 11.7. The maximum absolute atomic E-state index is 13.7. The summed E-state index contributed by atoms with van der Waals surface area (Å²) in [7, 11) is 0. The largest absolute Gasteiger partial charge is 0.423 e. The van der Waals surface area contributed by atoms with Crippen LogP contribution in [0.25, 0.3) is 0 Å². The number of amides is 2. The molecule has 11 nitrogen and oxygen atoms in total. The van der Waals surface area contributed by atoms with Gasteiger partial charge in [-0.15, -0.1) is 0 Å². The highest BCUT2D eigenvalue weighted by Crippen LogP contribution is 2.40. The summed E-state index contributed by atoms with van der Waals surface area (Å²) in [4.78, 5) is 47.1. The first kappa shape index (κ1) is 36.0. The van der Waals surface area contributed by atoms with Crippen molar-refractivity contribution < 1.29 is 40.7 Å². The fourth-order valence-electron chi connectivity index (χ4n) is 5.75. The molecule has 2 aliphatic rings. The molecular formula is C30H39F6N7O4. The predicted octanol–water partition coefficient (Wildman–Crippen LogP) is 4.83. The van der Waals surface area contributed by atoms with E-state index in [9.17, 15) is 40.7 Å². The number of nitrogens with one attached hydrogen (secondary N) is 2. The highest BCUT2D eigenvalue weighted by Gasteiger charge is 2.44. The van der Waals surface area contributed by atoms with E-state index in [0.717, 1.165) is 50.6 Å². The normalized spacial score (nSPS) is 17.4. The minimum absolute atomic E-state index is 0.0144. The zero-order valence-corrected chi connectivity index (χ0v) is 26.2. The van der Waals surface area contributed by atoms with E-state index >= 15 is 0 Å². The van der Waals surface area contributed by atoms with Gasteiger partial charge in [-0.2, -0.15) is 31.4 Å². The van der Waals surface area contributed by atoms with Gasteiger partial charge in [-0.3, -0.25) is 14.4 Å². The number of anilines is 3. The minimum atomic E-state index is -4.90. The van der Waals surface area contributed by atoms with Crippen LogP contribution in [-0.4, -0.2) is 83.4 Å². The van der Waals surface area contributed by atoms with Crippen molar-refractivity contribution in [2.75, 3.05) is 54.5 Å². The Hall–Kier alpha value is -3.89. The van der Waals surface area contributed by atoms with Crippen molar-refractivity contribution >= 4 is 29.0 Å². The summed E-state index contributed by atoms with van der Waals surface area (Å²) in [5, 5.41) is 7.72. The van der Waals surface area contributed by atoms with Crippen LogP contribution in [0.2, 0.25) is 0 Å². The van der Waals surface area contributed by atoms with Crippen molar-refractivity contribution in [3.8, 4) is 0 Å². The molecule has 17 heteroatoms. The lowest BCUT2D eigenvalue weighted by Gasteiger charge is -2.47. The maximum atomic E-state index is 13.7. The molecule has 1 saturated heterocycles. The van der Waals surface area contributed by atoms with Gasteiger partial charge in [0, 0.05) is 31.9 Å². The van der Waals surface area contributed by atoms with Gasteiger partial charge in [-0.25, -0.2) is 10.1 Å². The fraction of sp³-hybridized carbons (Fsp3) is 0.633. The van der Waals surface area contributed by atoms with E-state index in [1.54, 1.807) is 10.00 Å². The molecule has 0 spiro atoms. The topological polar surface area (TPSA) is 124 Å². The van der Waals surface area contributed by atoms with E-state index in [-0.39, 0.29) is 63.2 Å². The van der Waals surface area contributed by atoms with Crippen LogP contribution in [0.3, 0.4) is 0 Å². The molecule has 4 heterocycles. The number of halogens is 6. The van der Waals surface area contributed by atoms with Gasteiger partial charge >= 0.3 is 12.4 Å². The Kier molecular flexibility index (Phi) is 11.7. The molecule has 0 saturated carbocycles. The summed E-state index contributed by atoms with van der Waals surface area (Å²) in [6.45, 7) is 4.13. The molecule has 47 heavy (non-hydrogen) atoms. The lowest BCUT2D eigenvalue weighted by molar-refractivity contribution is -0.138. The van der Waals surface area contributed by atoms with E-state index in [1.165, 1.54) is 16.7 Å². The molecule has 2 amide bonds. The van der Waals surface area contributed by atoms with E-state index < -0.39 is 52.7 Å². The van der Waals surface area contributed by atoms with Crippen molar-refractivity contribution in [2.24, 2.45) is 0 Å². The Balaban J connectivity index is 1.35. The number of piperazine rings is 1. The quantitative estimate of drug-likeness (QED) is 0.216. The average Bonchev–Trinajstić information content (AvgIpc) is 3.00. The van der Waals surface area contributed by atoms with E-state index in [0.29, 0.717) is 6.42 Å². The molecule has 0 aromatic carbocycles. The van der Waals surface area contributed by atoms with Crippen LogP contribution in [-0.2, 0) is 26.7 Å². The van der Waals surface area contributed by atoms with Gasteiger partial charge in [0.1, 0.15) is 11.6 Å². The molecular weight excluding hydrogens is 636 g/mol. The molecule has 260 valence electrons. The highest BCUT2D eigenvalue weighted by molar-refractivity contribution is 6.05. The van der Waals surface area contributed by atoms with E-state index in [1.807, 2.05) is 0 Å². The number of rotatable bonds is 14. The molecule has 2 aliphatic heterocycles. The molecule has 2 aromatic rings. The minimum Gasteiger partial charge on any atom is -0.379 e. The van der Waals surface area contributed by atoms with Crippen LogP contribution in [0.5, 0.6) is 0 Å². The zero-order valence-electron chi connectivity index (χ0n) is 26.2. The number of carbonyl (C=O) groups is 2. The first-order valence-corrected chi connectivity index (χ1v) is 15.6.